The van der Waals surface area contributed by atoms with Gasteiger partial charge in [-0.1, -0.05) is 32.9 Å². The molecule has 1 N–H and O–H groups in total. The lowest BCUT2D eigenvalue weighted by Crippen LogP contribution is -2.10. The van der Waals surface area contributed by atoms with Crippen molar-refractivity contribution in [1.82, 2.24) is 10.3 Å². The largest absolute Gasteiger partial charge is 0.456 e. The fourth-order valence-electron chi connectivity index (χ4n) is 1.98. The van der Waals surface area contributed by atoms with Crippen LogP contribution in [0.2, 0.25) is 0 Å². The summed E-state index contributed by atoms with van der Waals surface area (Å²) in [7, 11) is 1.92. The van der Waals surface area contributed by atoms with Gasteiger partial charge in [0.1, 0.15) is 11.5 Å². The molecule has 0 atom stereocenters. The van der Waals surface area contributed by atoms with Crippen LogP contribution in [0, 0.1) is 0 Å². The molecule has 3 heteroatoms. The van der Waals surface area contributed by atoms with Crippen LogP contribution in [0.15, 0.2) is 42.7 Å². The maximum atomic E-state index is 5.91. The second-order valence-electron chi connectivity index (χ2n) is 5.94. The van der Waals surface area contributed by atoms with Crippen molar-refractivity contribution in [2.75, 3.05) is 7.05 Å². The maximum absolute atomic E-state index is 5.91. The third-order valence-corrected chi connectivity index (χ3v) is 3.09. The van der Waals surface area contributed by atoms with Gasteiger partial charge in [0.2, 0.25) is 0 Å². The molecule has 0 aliphatic carbocycles. The average Bonchev–Trinajstić information content (AvgIpc) is 2.39. The van der Waals surface area contributed by atoms with E-state index < -0.39 is 0 Å². The second-order valence-corrected chi connectivity index (χ2v) is 5.94. The predicted molar refractivity (Wildman–Crippen MR) is 82.2 cm³/mol. The van der Waals surface area contributed by atoms with Crippen molar-refractivity contribution in [3.63, 3.8) is 0 Å². The number of aromatic nitrogens is 1. The van der Waals surface area contributed by atoms with Crippen LogP contribution >= 0.6 is 0 Å². The molecular formula is C17H22N2O. The van der Waals surface area contributed by atoms with Crippen LogP contribution in [0.3, 0.4) is 0 Å². The predicted octanol–water partition coefficient (Wildman–Crippen LogP) is 3.89. The number of hydrogen-bond acceptors (Lipinski definition) is 3. The average molecular weight is 270 g/mol. The van der Waals surface area contributed by atoms with Gasteiger partial charge in [0.15, 0.2) is 0 Å². The summed E-state index contributed by atoms with van der Waals surface area (Å²) in [6, 6.07) is 10.2. The molecule has 1 heterocycles. The summed E-state index contributed by atoms with van der Waals surface area (Å²) >= 11 is 0. The van der Waals surface area contributed by atoms with E-state index in [-0.39, 0.29) is 5.41 Å². The first-order valence-corrected chi connectivity index (χ1v) is 6.86. The van der Waals surface area contributed by atoms with Crippen LogP contribution in [-0.4, -0.2) is 12.0 Å². The zero-order valence-corrected chi connectivity index (χ0v) is 12.6. The Morgan fingerprint density at radius 1 is 1.10 bits per heavy atom. The summed E-state index contributed by atoms with van der Waals surface area (Å²) in [5, 5.41) is 3.11. The number of pyridine rings is 1. The minimum Gasteiger partial charge on any atom is -0.456 e. The van der Waals surface area contributed by atoms with E-state index in [1.165, 1.54) is 5.56 Å². The highest BCUT2D eigenvalue weighted by Crippen LogP contribution is 2.28. The maximum Gasteiger partial charge on any atom is 0.146 e. The minimum absolute atomic E-state index is 0.117. The van der Waals surface area contributed by atoms with Gasteiger partial charge >= 0.3 is 0 Å². The number of benzene rings is 1. The van der Waals surface area contributed by atoms with Crippen LogP contribution in [0.4, 0.5) is 0 Å². The molecule has 0 bridgehead atoms. The zero-order chi connectivity index (χ0) is 14.6. The summed E-state index contributed by atoms with van der Waals surface area (Å²) in [5.41, 5.74) is 2.48. The fourth-order valence-corrected chi connectivity index (χ4v) is 1.98. The van der Waals surface area contributed by atoms with Crippen LogP contribution in [-0.2, 0) is 12.0 Å². The summed E-state index contributed by atoms with van der Waals surface area (Å²) < 4.78 is 5.91. The molecule has 0 radical (unpaired) electrons. The van der Waals surface area contributed by atoms with Crippen molar-refractivity contribution in [3.8, 4) is 11.5 Å². The van der Waals surface area contributed by atoms with E-state index in [0.29, 0.717) is 0 Å². The van der Waals surface area contributed by atoms with E-state index in [1.807, 2.05) is 31.4 Å². The van der Waals surface area contributed by atoms with Gasteiger partial charge in [-0.3, -0.25) is 4.98 Å². The number of rotatable bonds is 4. The Hall–Kier alpha value is -1.87. The lowest BCUT2D eigenvalue weighted by Gasteiger charge is -2.19. The molecule has 0 fully saturated rings. The molecule has 20 heavy (non-hydrogen) atoms. The van der Waals surface area contributed by atoms with Crippen LogP contribution in [0.1, 0.15) is 31.9 Å². The number of nitrogens with one attached hydrogen (secondary N) is 1. The number of nitrogens with zero attached hydrogens (tertiary/aromatic N) is 1. The molecule has 0 saturated carbocycles. The van der Waals surface area contributed by atoms with Gasteiger partial charge in [-0.25, -0.2) is 0 Å². The molecule has 0 aliphatic heterocycles. The molecule has 1 aromatic carbocycles. The third-order valence-electron chi connectivity index (χ3n) is 3.09. The molecule has 106 valence electrons. The van der Waals surface area contributed by atoms with E-state index in [2.05, 4.69) is 43.2 Å². The van der Waals surface area contributed by atoms with Gasteiger partial charge in [-0.2, -0.15) is 0 Å². The lowest BCUT2D eigenvalue weighted by molar-refractivity contribution is 0.475. The highest BCUT2D eigenvalue weighted by molar-refractivity contribution is 5.36. The van der Waals surface area contributed by atoms with Crippen molar-refractivity contribution in [1.29, 1.82) is 0 Å². The molecule has 0 unspecified atom stereocenters. The van der Waals surface area contributed by atoms with E-state index in [0.717, 1.165) is 23.6 Å². The molecule has 0 aliphatic rings. The molecule has 2 aromatic rings. The highest BCUT2D eigenvalue weighted by atomic mass is 16.5. The van der Waals surface area contributed by atoms with Crippen molar-refractivity contribution < 1.29 is 4.74 Å². The fraction of sp³-hybridized carbons (Fsp3) is 0.353. The summed E-state index contributed by atoms with van der Waals surface area (Å²) in [5.74, 6) is 1.62. The van der Waals surface area contributed by atoms with Gasteiger partial charge < -0.3 is 10.1 Å². The molecule has 3 nitrogen and oxygen atoms in total. The summed E-state index contributed by atoms with van der Waals surface area (Å²) in [4.78, 5) is 4.21. The van der Waals surface area contributed by atoms with Crippen molar-refractivity contribution >= 4 is 0 Å². The van der Waals surface area contributed by atoms with E-state index in [1.54, 1.807) is 6.20 Å². The quantitative estimate of drug-likeness (QED) is 0.915. The molecule has 1 aromatic heterocycles. The lowest BCUT2D eigenvalue weighted by atomic mass is 9.87. The Morgan fingerprint density at radius 2 is 1.90 bits per heavy atom. The zero-order valence-electron chi connectivity index (χ0n) is 12.6. The van der Waals surface area contributed by atoms with Crippen molar-refractivity contribution in [2.45, 2.75) is 32.7 Å². The number of ether oxygens (including phenoxy) is 1. The monoisotopic (exact) mass is 270 g/mol. The number of hydrogen-bond donors (Lipinski definition) is 1. The topological polar surface area (TPSA) is 34.2 Å². The third kappa shape index (κ3) is 3.81. The Labute approximate surface area is 121 Å². The van der Waals surface area contributed by atoms with E-state index >= 15 is 0 Å². The Balaban J connectivity index is 2.19. The minimum atomic E-state index is 0.117. The molecule has 0 spiro atoms. The van der Waals surface area contributed by atoms with Crippen LogP contribution in [0.5, 0.6) is 11.5 Å². The van der Waals surface area contributed by atoms with Crippen LogP contribution < -0.4 is 10.1 Å². The Morgan fingerprint density at radius 3 is 2.60 bits per heavy atom. The Kier molecular flexibility index (Phi) is 4.40. The van der Waals surface area contributed by atoms with Crippen molar-refractivity contribution in [2.24, 2.45) is 0 Å². The van der Waals surface area contributed by atoms with E-state index in [4.69, 9.17) is 4.74 Å². The SMILES string of the molecule is CNCc1cncc(Oc2cccc(C(C)(C)C)c2)c1. The summed E-state index contributed by atoms with van der Waals surface area (Å²) in [6.45, 7) is 7.37. The highest BCUT2D eigenvalue weighted by Gasteiger charge is 2.14. The van der Waals surface area contributed by atoms with E-state index in [9.17, 15) is 0 Å². The molecule has 0 saturated heterocycles. The molecule has 2 rings (SSSR count). The second kappa shape index (κ2) is 6.06. The van der Waals surface area contributed by atoms with Crippen molar-refractivity contribution in [3.05, 3.63) is 53.9 Å². The molecule has 0 amide bonds. The van der Waals surface area contributed by atoms with Gasteiger partial charge in [-0.05, 0) is 41.8 Å². The first kappa shape index (κ1) is 14.5. The smallest absolute Gasteiger partial charge is 0.146 e. The first-order chi connectivity index (χ1) is 9.49. The van der Waals surface area contributed by atoms with Gasteiger partial charge in [0.05, 0.1) is 6.20 Å². The summed E-state index contributed by atoms with van der Waals surface area (Å²) in [6.07, 6.45) is 3.58. The normalized spacial score (nSPS) is 11.4. The van der Waals surface area contributed by atoms with Gasteiger partial charge in [-0.15, -0.1) is 0 Å². The first-order valence-electron chi connectivity index (χ1n) is 6.86. The van der Waals surface area contributed by atoms with Crippen LogP contribution in [0.25, 0.3) is 0 Å². The van der Waals surface area contributed by atoms with Gasteiger partial charge in [0, 0.05) is 12.7 Å². The Bertz CT molecular complexity index is 573. The van der Waals surface area contributed by atoms with Gasteiger partial charge in [0.25, 0.3) is 0 Å². The molecular weight excluding hydrogens is 248 g/mol. The standard InChI is InChI=1S/C17H22N2O/c1-17(2,3)14-6-5-7-15(9-14)20-16-8-13(10-18-4)11-19-12-16/h5-9,11-12,18H,10H2,1-4H3.